The van der Waals surface area contributed by atoms with Gasteiger partial charge in [-0.2, -0.15) is 0 Å². The van der Waals surface area contributed by atoms with Crippen LogP contribution in [0.3, 0.4) is 0 Å². The molecule has 86 valence electrons. The number of aliphatic hydroxyl groups is 1. The van der Waals surface area contributed by atoms with Crippen molar-refractivity contribution in [3.63, 3.8) is 0 Å². The smallest absolute Gasteiger partial charge is 0.264 e. The zero-order valence-corrected chi connectivity index (χ0v) is 9.30. The Kier molecular flexibility index (Phi) is 2.70. The summed E-state index contributed by atoms with van der Waals surface area (Å²) in [5.41, 5.74) is 1.57. The van der Waals surface area contributed by atoms with Crippen molar-refractivity contribution in [3.05, 3.63) is 18.2 Å². The van der Waals surface area contributed by atoms with Crippen molar-refractivity contribution in [1.82, 2.24) is 0 Å². The molecule has 1 N–H and O–H groups in total. The van der Waals surface area contributed by atoms with E-state index in [0.29, 0.717) is 5.75 Å². The molecule has 1 amide bonds. The highest BCUT2D eigenvalue weighted by Gasteiger charge is 2.22. The van der Waals surface area contributed by atoms with Crippen LogP contribution < -0.4 is 14.5 Å². The van der Waals surface area contributed by atoms with Gasteiger partial charge in [-0.15, -0.1) is 0 Å². The van der Waals surface area contributed by atoms with Gasteiger partial charge in [0.25, 0.3) is 5.91 Å². The maximum absolute atomic E-state index is 11.4. The minimum Gasteiger partial charge on any atom is -0.482 e. The summed E-state index contributed by atoms with van der Waals surface area (Å²) in [7, 11) is 3.49. The Morgan fingerprint density at radius 2 is 2.31 bits per heavy atom. The lowest BCUT2D eigenvalue weighted by molar-refractivity contribution is -0.120. The van der Waals surface area contributed by atoms with E-state index >= 15 is 0 Å². The molecule has 1 aromatic rings. The van der Waals surface area contributed by atoms with E-state index in [9.17, 15) is 4.79 Å². The van der Waals surface area contributed by atoms with Crippen molar-refractivity contribution < 1.29 is 14.6 Å². The van der Waals surface area contributed by atoms with Crippen LogP contribution in [0.4, 0.5) is 11.4 Å². The molecule has 0 aliphatic carbocycles. The third kappa shape index (κ3) is 1.69. The number of likely N-dealkylation sites (N-methyl/N-ethyl adjacent to an activating group) is 1. The largest absolute Gasteiger partial charge is 0.482 e. The number of anilines is 2. The number of fused-ring (bicyclic) bond motifs is 1. The molecule has 1 heterocycles. The normalized spacial score (nSPS) is 14.4. The van der Waals surface area contributed by atoms with Gasteiger partial charge in [0.05, 0.1) is 5.69 Å². The lowest BCUT2D eigenvalue weighted by Crippen LogP contribution is -2.35. The number of carbonyl (C=O) groups excluding carboxylic acids is 1. The van der Waals surface area contributed by atoms with E-state index in [1.54, 1.807) is 30.0 Å². The summed E-state index contributed by atoms with van der Waals surface area (Å²) in [6, 6.07) is 5.47. The molecule has 0 atom stereocenters. The van der Waals surface area contributed by atoms with Crippen molar-refractivity contribution in [3.8, 4) is 5.75 Å². The van der Waals surface area contributed by atoms with Crippen LogP contribution in [0.25, 0.3) is 0 Å². The maximum Gasteiger partial charge on any atom is 0.264 e. The van der Waals surface area contributed by atoms with Crippen molar-refractivity contribution in [2.24, 2.45) is 0 Å². The first-order valence-electron chi connectivity index (χ1n) is 4.99. The van der Waals surface area contributed by atoms with Crippen molar-refractivity contribution in [1.29, 1.82) is 0 Å². The molecule has 0 aromatic heterocycles. The van der Waals surface area contributed by atoms with Gasteiger partial charge < -0.3 is 19.6 Å². The van der Waals surface area contributed by atoms with Gasteiger partial charge in [0.15, 0.2) is 6.61 Å². The summed E-state index contributed by atoms with van der Waals surface area (Å²) in [4.78, 5) is 14.7. The zero-order chi connectivity index (χ0) is 11.7. The molecule has 1 aromatic carbocycles. The molecule has 2 rings (SSSR count). The van der Waals surface area contributed by atoms with E-state index in [4.69, 9.17) is 9.84 Å². The van der Waals surface area contributed by atoms with Crippen LogP contribution in [0.15, 0.2) is 18.2 Å². The Balaban J connectivity index is 2.40. The van der Waals surface area contributed by atoms with Crippen molar-refractivity contribution in [2.45, 2.75) is 0 Å². The second-order valence-corrected chi connectivity index (χ2v) is 3.73. The first-order chi connectivity index (χ1) is 7.63. The number of rotatable bonds is 2. The molecule has 0 saturated heterocycles. The summed E-state index contributed by atoms with van der Waals surface area (Å²) in [5.74, 6) is 0.619. The molecule has 5 heteroatoms. The number of carbonyl (C=O) groups is 1. The number of hydrogen-bond acceptors (Lipinski definition) is 4. The van der Waals surface area contributed by atoms with E-state index in [2.05, 4.69) is 0 Å². The molecule has 0 spiro atoms. The Bertz CT molecular complexity index is 420. The lowest BCUT2D eigenvalue weighted by atomic mass is 10.2. The van der Waals surface area contributed by atoms with E-state index in [0.717, 1.165) is 11.4 Å². The predicted molar refractivity (Wildman–Crippen MR) is 60.8 cm³/mol. The number of aliphatic hydroxyl groups excluding tert-OH is 1. The second kappa shape index (κ2) is 4.02. The van der Waals surface area contributed by atoms with E-state index in [-0.39, 0.29) is 19.2 Å². The molecule has 5 nitrogen and oxygen atoms in total. The Morgan fingerprint density at radius 3 is 3.00 bits per heavy atom. The highest BCUT2D eigenvalue weighted by molar-refractivity contribution is 5.97. The van der Waals surface area contributed by atoms with Crippen LogP contribution in [0, 0.1) is 0 Å². The topological polar surface area (TPSA) is 53.0 Å². The van der Waals surface area contributed by atoms with Crippen LogP contribution in [0.5, 0.6) is 5.75 Å². The molecule has 0 saturated carbocycles. The average Bonchev–Trinajstić information content (AvgIpc) is 2.32. The molecule has 1 aliphatic heterocycles. The predicted octanol–water partition coefficient (Wildman–Crippen LogP) is 0.428. The summed E-state index contributed by atoms with van der Waals surface area (Å²) in [6.45, 7) is 0.00991. The fourth-order valence-corrected chi connectivity index (χ4v) is 1.58. The molecule has 0 bridgehead atoms. The van der Waals surface area contributed by atoms with Crippen LogP contribution >= 0.6 is 0 Å². The van der Waals surface area contributed by atoms with Crippen molar-refractivity contribution >= 4 is 17.3 Å². The van der Waals surface area contributed by atoms with E-state index < -0.39 is 0 Å². The average molecular weight is 222 g/mol. The third-order valence-electron chi connectivity index (χ3n) is 2.68. The van der Waals surface area contributed by atoms with Gasteiger partial charge in [-0.05, 0) is 18.2 Å². The van der Waals surface area contributed by atoms with Gasteiger partial charge in [0, 0.05) is 19.8 Å². The fraction of sp³-hybridized carbons (Fsp3) is 0.364. The summed E-state index contributed by atoms with van der Waals surface area (Å²) < 4.78 is 5.30. The Labute approximate surface area is 93.8 Å². The first-order valence-corrected chi connectivity index (χ1v) is 4.99. The van der Waals surface area contributed by atoms with E-state index in [1.165, 1.54) is 0 Å². The van der Waals surface area contributed by atoms with Crippen LogP contribution in [0.1, 0.15) is 0 Å². The molecule has 0 fully saturated rings. The fourth-order valence-electron chi connectivity index (χ4n) is 1.58. The lowest BCUT2D eigenvalue weighted by Gasteiger charge is -2.27. The third-order valence-corrected chi connectivity index (χ3v) is 2.68. The Morgan fingerprint density at radius 1 is 1.56 bits per heavy atom. The number of nitrogens with zero attached hydrogens (tertiary/aromatic N) is 2. The zero-order valence-electron chi connectivity index (χ0n) is 9.30. The van der Waals surface area contributed by atoms with Gasteiger partial charge in [-0.3, -0.25) is 4.79 Å². The number of hydrogen-bond donors (Lipinski definition) is 1. The highest BCUT2D eigenvalue weighted by Crippen LogP contribution is 2.34. The van der Waals surface area contributed by atoms with Gasteiger partial charge in [0.2, 0.25) is 0 Å². The Hall–Kier alpha value is -1.75. The van der Waals surface area contributed by atoms with E-state index in [1.807, 2.05) is 12.1 Å². The molecule has 16 heavy (non-hydrogen) atoms. The second-order valence-electron chi connectivity index (χ2n) is 3.73. The quantitative estimate of drug-likeness (QED) is 0.737. The maximum atomic E-state index is 11.4. The van der Waals surface area contributed by atoms with Crippen LogP contribution in [0.2, 0.25) is 0 Å². The SMILES string of the molecule is CN(CO)c1ccc2c(c1)N(C)C(=O)CO2. The van der Waals surface area contributed by atoms with Gasteiger partial charge in [-0.1, -0.05) is 0 Å². The summed E-state index contributed by atoms with van der Waals surface area (Å²) >= 11 is 0. The number of ether oxygens (including phenoxy) is 1. The molecular formula is C11H14N2O3. The van der Waals surface area contributed by atoms with Crippen molar-refractivity contribution in [2.75, 3.05) is 37.2 Å². The minimum atomic E-state index is -0.0729. The van der Waals surface area contributed by atoms with Gasteiger partial charge >= 0.3 is 0 Å². The number of amides is 1. The van der Waals surface area contributed by atoms with Gasteiger partial charge in [0.1, 0.15) is 12.5 Å². The van der Waals surface area contributed by atoms with Crippen LogP contribution in [-0.4, -0.2) is 38.4 Å². The molecule has 0 radical (unpaired) electrons. The summed E-state index contributed by atoms with van der Waals surface area (Å²) in [6.07, 6.45) is 0. The molecule has 0 unspecified atom stereocenters. The monoisotopic (exact) mass is 222 g/mol. The molecular weight excluding hydrogens is 208 g/mol. The minimum absolute atomic E-state index is 0.0721. The standard InChI is InChI=1S/C11H14N2O3/c1-12(7-14)8-3-4-10-9(5-8)13(2)11(15)6-16-10/h3-5,14H,6-7H2,1-2H3. The van der Waals surface area contributed by atoms with Crippen LogP contribution in [-0.2, 0) is 4.79 Å². The first kappa shape index (κ1) is 10.8. The number of benzene rings is 1. The van der Waals surface area contributed by atoms with Gasteiger partial charge in [-0.25, -0.2) is 0 Å². The summed E-state index contributed by atoms with van der Waals surface area (Å²) in [5, 5.41) is 9.02. The highest BCUT2D eigenvalue weighted by atomic mass is 16.5. The molecule has 1 aliphatic rings.